The second kappa shape index (κ2) is 4.47. The monoisotopic (exact) mass is 292 g/mol. The van der Waals surface area contributed by atoms with Crippen molar-refractivity contribution in [3.8, 4) is 0 Å². The van der Waals surface area contributed by atoms with Crippen LogP contribution in [0.25, 0.3) is 0 Å². The van der Waals surface area contributed by atoms with Gasteiger partial charge < -0.3 is 9.47 Å². The lowest BCUT2D eigenvalue weighted by Gasteiger charge is -2.33. The van der Waals surface area contributed by atoms with Crippen LogP contribution in [0.2, 0.25) is 0 Å². The second-order valence-corrected chi connectivity index (χ2v) is 7.54. The van der Waals surface area contributed by atoms with Gasteiger partial charge in [0.1, 0.15) is 11.7 Å². The van der Waals surface area contributed by atoms with Crippen LogP contribution in [-0.2, 0) is 19.1 Å². The zero-order valence-corrected chi connectivity index (χ0v) is 12.8. The van der Waals surface area contributed by atoms with Crippen LogP contribution < -0.4 is 0 Å². The Morgan fingerprint density at radius 2 is 2.05 bits per heavy atom. The molecule has 6 unspecified atom stereocenters. The third kappa shape index (κ3) is 1.74. The maximum absolute atomic E-state index is 12.8. The number of carbonyl (C=O) groups is 2. The fourth-order valence-corrected chi connectivity index (χ4v) is 5.53. The summed E-state index contributed by atoms with van der Waals surface area (Å²) in [6.45, 7) is 4.22. The number of carbonyl (C=O) groups excluding carboxylic acids is 2. The summed E-state index contributed by atoms with van der Waals surface area (Å²) in [7, 11) is 0. The van der Waals surface area contributed by atoms with Gasteiger partial charge in [-0.3, -0.25) is 9.59 Å². The van der Waals surface area contributed by atoms with E-state index in [9.17, 15) is 9.59 Å². The van der Waals surface area contributed by atoms with Crippen molar-refractivity contribution in [2.45, 2.75) is 64.1 Å². The SMILES string of the molecule is CCC1(OC(=O)C2C3CC4C(OC(=O)C42)C3C)CCCC1. The first-order valence-electron chi connectivity index (χ1n) is 8.50. The second-order valence-electron chi connectivity index (χ2n) is 7.54. The lowest BCUT2D eigenvalue weighted by atomic mass is 9.75. The van der Waals surface area contributed by atoms with E-state index in [1.165, 1.54) is 0 Å². The molecule has 1 aliphatic heterocycles. The molecule has 3 saturated carbocycles. The van der Waals surface area contributed by atoms with E-state index >= 15 is 0 Å². The first kappa shape index (κ1) is 13.6. The highest BCUT2D eigenvalue weighted by Gasteiger charge is 2.67. The van der Waals surface area contributed by atoms with E-state index in [-0.39, 0.29) is 47.3 Å². The standard InChI is InChI=1S/C17H24O4/c1-3-17(6-4-5-7-17)21-16(19)12-10-8-11-13(12)15(18)20-14(11)9(10)2/h9-14H,3-8H2,1-2H3. The molecule has 0 amide bonds. The van der Waals surface area contributed by atoms with Gasteiger partial charge in [0.2, 0.25) is 0 Å². The lowest BCUT2D eigenvalue weighted by molar-refractivity contribution is -0.170. The number of rotatable bonds is 3. The number of hydrogen-bond donors (Lipinski definition) is 0. The van der Waals surface area contributed by atoms with E-state index in [0.717, 1.165) is 38.5 Å². The molecule has 116 valence electrons. The Kier molecular flexibility index (Phi) is 2.89. The van der Waals surface area contributed by atoms with E-state index in [0.29, 0.717) is 5.92 Å². The first-order valence-corrected chi connectivity index (χ1v) is 8.50. The molecule has 0 radical (unpaired) electrons. The van der Waals surface area contributed by atoms with Gasteiger partial charge in [0.25, 0.3) is 0 Å². The quantitative estimate of drug-likeness (QED) is 0.750. The molecule has 0 aromatic rings. The highest BCUT2D eigenvalue weighted by atomic mass is 16.6. The summed E-state index contributed by atoms with van der Waals surface area (Å²) in [5, 5.41) is 0. The van der Waals surface area contributed by atoms with Crippen molar-refractivity contribution in [3.63, 3.8) is 0 Å². The maximum atomic E-state index is 12.8. The van der Waals surface area contributed by atoms with Crippen LogP contribution in [0.4, 0.5) is 0 Å². The van der Waals surface area contributed by atoms with Gasteiger partial charge in [0.05, 0.1) is 11.8 Å². The highest BCUT2D eigenvalue weighted by Crippen LogP contribution is 2.60. The van der Waals surface area contributed by atoms with Crippen molar-refractivity contribution in [2.75, 3.05) is 0 Å². The van der Waals surface area contributed by atoms with Gasteiger partial charge in [-0.2, -0.15) is 0 Å². The molecule has 6 atom stereocenters. The average molecular weight is 292 g/mol. The molecule has 4 nitrogen and oxygen atoms in total. The molecular weight excluding hydrogens is 268 g/mol. The minimum absolute atomic E-state index is 0.0585. The molecule has 1 heterocycles. The van der Waals surface area contributed by atoms with Crippen molar-refractivity contribution in [3.05, 3.63) is 0 Å². The average Bonchev–Trinajstić information content (AvgIpc) is 3.17. The van der Waals surface area contributed by atoms with Crippen LogP contribution in [-0.4, -0.2) is 23.6 Å². The van der Waals surface area contributed by atoms with Gasteiger partial charge in [-0.05, 0) is 50.4 Å². The van der Waals surface area contributed by atoms with E-state index in [2.05, 4.69) is 13.8 Å². The molecular formula is C17H24O4. The normalized spacial score (nSPS) is 45.9. The highest BCUT2D eigenvalue weighted by molar-refractivity contribution is 5.86. The largest absolute Gasteiger partial charge is 0.462 e. The van der Waals surface area contributed by atoms with Crippen LogP contribution in [0.1, 0.15) is 52.4 Å². The minimum atomic E-state index is -0.260. The lowest BCUT2D eigenvalue weighted by Crippen LogP contribution is -2.41. The van der Waals surface area contributed by atoms with E-state index < -0.39 is 0 Å². The molecule has 4 heteroatoms. The summed E-state index contributed by atoms with van der Waals surface area (Å²) < 4.78 is 11.5. The summed E-state index contributed by atoms with van der Waals surface area (Å²) in [6, 6.07) is 0. The summed E-state index contributed by atoms with van der Waals surface area (Å²) >= 11 is 0. The van der Waals surface area contributed by atoms with Crippen LogP contribution >= 0.6 is 0 Å². The van der Waals surface area contributed by atoms with Crippen molar-refractivity contribution in [2.24, 2.45) is 29.6 Å². The molecule has 0 spiro atoms. The predicted octanol–water partition coefficient (Wildman–Crippen LogP) is 2.70. The molecule has 21 heavy (non-hydrogen) atoms. The van der Waals surface area contributed by atoms with Gasteiger partial charge in [-0.1, -0.05) is 13.8 Å². The molecule has 0 N–H and O–H groups in total. The van der Waals surface area contributed by atoms with Gasteiger partial charge in [0, 0.05) is 5.92 Å². The topological polar surface area (TPSA) is 52.6 Å². The molecule has 4 aliphatic rings. The summed E-state index contributed by atoms with van der Waals surface area (Å²) in [4.78, 5) is 24.9. The molecule has 0 aromatic heterocycles. The molecule has 4 rings (SSSR count). The number of fused-ring (bicyclic) bond motifs is 1. The number of hydrogen-bond acceptors (Lipinski definition) is 4. The van der Waals surface area contributed by atoms with Crippen molar-refractivity contribution < 1.29 is 19.1 Å². The smallest absolute Gasteiger partial charge is 0.310 e. The Bertz CT molecular complexity index is 479. The fourth-order valence-electron chi connectivity index (χ4n) is 5.53. The van der Waals surface area contributed by atoms with Crippen molar-refractivity contribution >= 4 is 11.9 Å². The Morgan fingerprint density at radius 1 is 1.33 bits per heavy atom. The van der Waals surface area contributed by atoms with E-state index in [1.807, 2.05) is 0 Å². The fraction of sp³-hybridized carbons (Fsp3) is 0.882. The molecule has 4 fully saturated rings. The van der Waals surface area contributed by atoms with E-state index in [1.54, 1.807) is 0 Å². The van der Waals surface area contributed by atoms with Gasteiger partial charge in [-0.25, -0.2) is 0 Å². The summed E-state index contributed by atoms with van der Waals surface area (Å²) in [5.74, 6) is 0.0855. The third-order valence-corrected chi connectivity index (χ3v) is 6.74. The Morgan fingerprint density at radius 3 is 2.71 bits per heavy atom. The van der Waals surface area contributed by atoms with Gasteiger partial charge in [-0.15, -0.1) is 0 Å². The number of ether oxygens (including phenoxy) is 2. The van der Waals surface area contributed by atoms with Crippen molar-refractivity contribution in [1.82, 2.24) is 0 Å². The molecule has 3 aliphatic carbocycles. The van der Waals surface area contributed by atoms with Crippen LogP contribution in [0, 0.1) is 29.6 Å². The molecule has 2 bridgehead atoms. The predicted molar refractivity (Wildman–Crippen MR) is 75.2 cm³/mol. The van der Waals surface area contributed by atoms with Gasteiger partial charge >= 0.3 is 11.9 Å². The Labute approximate surface area is 125 Å². The Hall–Kier alpha value is -1.06. The first-order chi connectivity index (χ1) is 10.1. The molecule has 1 saturated heterocycles. The van der Waals surface area contributed by atoms with E-state index in [4.69, 9.17) is 9.47 Å². The zero-order chi connectivity index (χ0) is 14.8. The van der Waals surface area contributed by atoms with Crippen LogP contribution in [0.15, 0.2) is 0 Å². The summed E-state index contributed by atoms with van der Waals surface area (Å²) in [5.41, 5.74) is -0.260. The number of esters is 2. The maximum Gasteiger partial charge on any atom is 0.310 e. The third-order valence-electron chi connectivity index (χ3n) is 6.74. The van der Waals surface area contributed by atoms with Crippen LogP contribution in [0.3, 0.4) is 0 Å². The Balaban J connectivity index is 1.56. The minimum Gasteiger partial charge on any atom is -0.462 e. The summed E-state index contributed by atoms with van der Waals surface area (Å²) in [6.07, 6.45) is 6.13. The zero-order valence-electron chi connectivity index (χ0n) is 12.8. The van der Waals surface area contributed by atoms with Crippen molar-refractivity contribution in [1.29, 1.82) is 0 Å². The van der Waals surface area contributed by atoms with Gasteiger partial charge in [0.15, 0.2) is 0 Å². The molecule has 0 aromatic carbocycles. The van der Waals surface area contributed by atoms with Crippen LogP contribution in [0.5, 0.6) is 0 Å².